The van der Waals surface area contributed by atoms with Crippen LogP contribution in [0.2, 0.25) is 5.02 Å². The highest BCUT2D eigenvalue weighted by Crippen LogP contribution is 2.35. The molecule has 0 amide bonds. The van der Waals surface area contributed by atoms with Crippen LogP contribution in [0.25, 0.3) is 23.2 Å². The Kier molecular flexibility index (Phi) is 4.34. The van der Waals surface area contributed by atoms with Crippen LogP contribution < -0.4 is 0 Å². The van der Waals surface area contributed by atoms with Gasteiger partial charge in [-0.3, -0.25) is 4.98 Å². The van der Waals surface area contributed by atoms with Crippen molar-refractivity contribution in [3.63, 3.8) is 0 Å². The average Bonchev–Trinajstić information content (AvgIpc) is 3.03. The van der Waals surface area contributed by atoms with E-state index in [0.717, 1.165) is 12.3 Å². The largest absolute Gasteiger partial charge is 0.417 e. The summed E-state index contributed by atoms with van der Waals surface area (Å²) in [5.41, 5.74) is -2.56. The van der Waals surface area contributed by atoms with Gasteiger partial charge in [0.2, 0.25) is 0 Å². The van der Waals surface area contributed by atoms with Gasteiger partial charge in [-0.15, -0.1) is 10.2 Å². The highest BCUT2D eigenvalue weighted by Gasteiger charge is 2.33. The molecule has 0 radical (unpaired) electrons. The van der Waals surface area contributed by atoms with Gasteiger partial charge >= 0.3 is 12.4 Å². The minimum absolute atomic E-state index is 0.245. The van der Waals surface area contributed by atoms with E-state index < -0.39 is 28.5 Å². The van der Waals surface area contributed by atoms with Gasteiger partial charge in [-0.1, -0.05) is 11.6 Å². The van der Waals surface area contributed by atoms with Crippen LogP contribution in [0.5, 0.6) is 0 Å². The van der Waals surface area contributed by atoms with Crippen LogP contribution >= 0.6 is 11.6 Å². The topological polar surface area (TPSA) is 64.7 Å². The van der Waals surface area contributed by atoms with Gasteiger partial charge in [0.1, 0.15) is 11.4 Å². The number of pyridine rings is 2. The van der Waals surface area contributed by atoms with Gasteiger partial charge < -0.3 is 4.42 Å². The van der Waals surface area contributed by atoms with Gasteiger partial charge in [0.15, 0.2) is 0 Å². The zero-order chi connectivity index (χ0) is 19.1. The summed E-state index contributed by atoms with van der Waals surface area (Å²) in [6, 6.07) is 2.07. The molecular weight excluding hydrogens is 390 g/mol. The first kappa shape index (κ1) is 18.1. The Morgan fingerprint density at radius 1 is 0.846 bits per heavy atom. The molecule has 0 atom stereocenters. The molecule has 3 rings (SSSR count). The van der Waals surface area contributed by atoms with Crippen LogP contribution in [0.1, 0.15) is 11.1 Å². The molecule has 5 nitrogen and oxygen atoms in total. The van der Waals surface area contributed by atoms with Crippen LogP contribution in [-0.2, 0) is 12.4 Å². The van der Waals surface area contributed by atoms with Crippen LogP contribution in [0.15, 0.2) is 35.0 Å². The number of hydrogen-bond donors (Lipinski definition) is 0. The lowest BCUT2D eigenvalue weighted by molar-refractivity contribution is -0.138. The zero-order valence-corrected chi connectivity index (χ0v) is 13.0. The molecule has 3 aromatic heterocycles. The smallest absolute Gasteiger partial charge is 0.413 e. The maximum atomic E-state index is 12.7. The summed E-state index contributed by atoms with van der Waals surface area (Å²) in [7, 11) is 0. The highest BCUT2D eigenvalue weighted by molar-refractivity contribution is 6.32. The second-order valence-electron chi connectivity index (χ2n) is 4.89. The van der Waals surface area contributed by atoms with Crippen LogP contribution in [0, 0.1) is 0 Å². The Morgan fingerprint density at radius 3 is 2.12 bits per heavy atom. The molecule has 0 saturated carbocycles. The molecule has 0 bridgehead atoms. The molecular formula is C14H5ClF6N4O. The van der Waals surface area contributed by atoms with Gasteiger partial charge in [-0.25, -0.2) is 4.98 Å². The number of nitrogens with zero attached hydrogens (tertiary/aromatic N) is 4. The van der Waals surface area contributed by atoms with Crippen molar-refractivity contribution in [1.82, 2.24) is 20.2 Å². The first-order valence-electron chi connectivity index (χ1n) is 6.66. The van der Waals surface area contributed by atoms with E-state index in [9.17, 15) is 26.3 Å². The Balaban J connectivity index is 1.96. The van der Waals surface area contributed by atoms with Crippen LogP contribution in [-0.4, -0.2) is 20.2 Å². The molecule has 0 aliphatic carbocycles. The van der Waals surface area contributed by atoms with Crippen molar-refractivity contribution in [2.45, 2.75) is 12.4 Å². The number of rotatable bonds is 2. The molecule has 0 saturated heterocycles. The van der Waals surface area contributed by atoms with Crippen molar-refractivity contribution in [3.05, 3.63) is 46.7 Å². The molecule has 26 heavy (non-hydrogen) atoms. The highest BCUT2D eigenvalue weighted by atomic mass is 35.5. The van der Waals surface area contributed by atoms with Crippen molar-refractivity contribution in [2.24, 2.45) is 0 Å². The fraction of sp³-hybridized carbons (Fsp3) is 0.143. The van der Waals surface area contributed by atoms with Crippen LogP contribution in [0.4, 0.5) is 26.3 Å². The molecule has 0 fully saturated rings. The maximum absolute atomic E-state index is 12.7. The van der Waals surface area contributed by atoms with Crippen molar-refractivity contribution in [3.8, 4) is 23.2 Å². The lowest BCUT2D eigenvalue weighted by atomic mass is 10.2. The first-order valence-corrected chi connectivity index (χ1v) is 7.04. The SMILES string of the molecule is FC(F)(F)c1ccnc(-c2nnc(-c3ncc(C(F)(F)F)cc3Cl)o2)c1. The number of alkyl halides is 6. The van der Waals surface area contributed by atoms with E-state index in [1.807, 2.05) is 0 Å². The summed E-state index contributed by atoms with van der Waals surface area (Å²) >= 11 is 5.76. The minimum atomic E-state index is -4.64. The van der Waals surface area contributed by atoms with E-state index in [1.165, 1.54) is 0 Å². The fourth-order valence-electron chi connectivity index (χ4n) is 1.90. The predicted molar refractivity (Wildman–Crippen MR) is 75.8 cm³/mol. The molecule has 0 spiro atoms. The van der Waals surface area contributed by atoms with E-state index >= 15 is 0 Å². The van der Waals surface area contributed by atoms with E-state index in [1.54, 1.807) is 0 Å². The van der Waals surface area contributed by atoms with Crippen molar-refractivity contribution >= 4 is 11.6 Å². The lowest BCUT2D eigenvalue weighted by Gasteiger charge is -2.07. The van der Waals surface area contributed by atoms with Crippen molar-refractivity contribution < 1.29 is 30.8 Å². The van der Waals surface area contributed by atoms with E-state index in [2.05, 4.69) is 20.2 Å². The Morgan fingerprint density at radius 2 is 1.50 bits per heavy atom. The summed E-state index contributed by atoms with van der Waals surface area (Å²) in [6.45, 7) is 0. The molecule has 3 aromatic rings. The summed E-state index contributed by atoms with van der Waals surface area (Å²) in [5, 5.41) is 6.66. The number of aromatic nitrogens is 4. The third-order valence-electron chi connectivity index (χ3n) is 3.10. The van der Waals surface area contributed by atoms with Crippen molar-refractivity contribution in [2.75, 3.05) is 0 Å². The quantitative estimate of drug-likeness (QED) is 0.579. The number of halogens is 7. The molecule has 136 valence electrons. The molecule has 3 heterocycles. The van der Waals surface area contributed by atoms with Gasteiger partial charge in [-0.05, 0) is 18.2 Å². The second kappa shape index (κ2) is 6.24. The Hall–Kier alpha value is -2.69. The van der Waals surface area contributed by atoms with E-state index in [0.29, 0.717) is 18.3 Å². The summed E-state index contributed by atoms with van der Waals surface area (Å²) in [5.74, 6) is -0.734. The molecule has 0 N–H and O–H groups in total. The van der Waals surface area contributed by atoms with Gasteiger partial charge in [0.25, 0.3) is 11.8 Å². The zero-order valence-electron chi connectivity index (χ0n) is 12.2. The van der Waals surface area contributed by atoms with Gasteiger partial charge in [0.05, 0.1) is 16.1 Å². The maximum Gasteiger partial charge on any atom is 0.417 e. The molecule has 0 aromatic carbocycles. The van der Waals surface area contributed by atoms with Gasteiger partial charge in [0, 0.05) is 12.4 Å². The van der Waals surface area contributed by atoms with Crippen molar-refractivity contribution in [1.29, 1.82) is 0 Å². The van der Waals surface area contributed by atoms with Crippen LogP contribution in [0.3, 0.4) is 0 Å². The monoisotopic (exact) mass is 394 g/mol. The fourth-order valence-corrected chi connectivity index (χ4v) is 2.14. The van der Waals surface area contributed by atoms with E-state index in [-0.39, 0.29) is 23.2 Å². The van der Waals surface area contributed by atoms with Gasteiger partial charge in [-0.2, -0.15) is 26.3 Å². The number of hydrogen-bond acceptors (Lipinski definition) is 5. The van der Waals surface area contributed by atoms with E-state index in [4.69, 9.17) is 16.0 Å². The molecule has 0 aliphatic heterocycles. The minimum Gasteiger partial charge on any atom is -0.413 e. The predicted octanol–water partition coefficient (Wildman–Crippen LogP) is 4.88. The molecule has 0 unspecified atom stereocenters. The molecule has 0 aliphatic rings. The average molecular weight is 395 g/mol. The third-order valence-corrected chi connectivity index (χ3v) is 3.39. The summed E-state index contributed by atoms with van der Waals surface area (Å²) in [6.07, 6.45) is -7.81. The molecule has 12 heteroatoms. The lowest BCUT2D eigenvalue weighted by Crippen LogP contribution is -2.05. The standard InChI is InChI=1S/C14H5ClF6N4O/c15-8-3-7(14(19,20)21)5-23-10(8)12-25-24-11(26-12)9-4-6(1-2-22-9)13(16,17)18/h1-5H. The third kappa shape index (κ3) is 3.62. The summed E-state index contributed by atoms with van der Waals surface area (Å²) in [4.78, 5) is 7.23. The first-order chi connectivity index (χ1) is 12.1. The Labute approximate surface area is 145 Å². The Bertz CT molecular complexity index is 953. The summed E-state index contributed by atoms with van der Waals surface area (Å²) < 4.78 is 81.2. The second-order valence-corrected chi connectivity index (χ2v) is 5.30. The normalized spacial score (nSPS) is 12.4.